The van der Waals surface area contributed by atoms with Crippen LogP contribution in [-0.2, 0) is 4.74 Å². The molecule has 1 atom stereocenters. The van der Waals surface area contributed by atoms with Gasteiger partial charge in [0.2, 0.25) is 0 Å². The lowest BCUT2D eigenvalue weighted by Crippen LogP contribution is -2.40. The molecule has 1 fully saturated rings. The van der Waals surface area contributed by atoms with Crippen molar-refractivity contribution in [2.24, 2.45) is 0 Å². The van der Waals surface area contributed by atoms with Gasteiger partial charge >= 0.3 is 0 Å². The zero-order valence-corrected chi connectivity index (χ0v) is 19.0. The molecule has 2 aromatic rings. The Hall–Kier alpha value is -2.38. The lowest BCUT2D eigenvalue weighted by atomic mass is 10.1. The Kier molecular flexibility index (Phi) is 7.15. The number of ether oxygens (including phenoxy) is 2. The molecular formula is C23H27BrN2O4. The van der Waals surface area contributed by atoms with E-state index in [1.807, 2.05) is 20.8 Å². The molecule has 2 amide bonds. The molecule has 6 nitrogen and oxygen atoms in total. The van der Waals surface area contributed by atoms with Crippen LogP contribution in [0.15, 0.2) is 46.9 Å². The Morgan fingerprint density at radius 2 is 1.93 bits per heavy atom. The summed E-state index contributed by atoms with van der Waals surface area (Å²) in [6.45, 7) is 6.99. The van der Waals surface area contributed by atoms with Gasteiger partial charge < -0.3 is 20.1 Å². The monoisotopic (exact) mass is 474 g/mol. The standard InChI is InChI=1S/C23H27BrN2O4/c1-23(2,3)26-22(28)17-8-4-5-9-19(17)25-21(27)15-10-11-20(18(24)13-15)30-14-16-7-6-12-29-16/h4-5,8-11,13,16H,6-7,12,14H2,1-3H3,(H,25,27)(H,26,28). The smallest absolute Gasteiger partial charge is 0.255 e. The largest absolute Gasteiger partial charge is 0.490 e. The van der Waals surface area contributed by atoms with E-state index < -0.39 is 0 Å². The first-order chi connectivity index (χ1) is 14.2. The maximum Gasteiger partial charge on any atom is 0.255 e. The number of para-hydroxylation sites is 1. The molecule has 1 saturated heterocycles. The van der Waals surface area contributed by atoms with Crippen molar-refractivity contribution in [3.8, 4) is 5.75 Å². The second-order valence-corrected chi connectivity index (χ2v) is 9.15. The molecule has 1 heterocycles. The van der Waals surface area contributed by atoms with Crippen LogP contribution in [0, 0.1) is 0 Å². The van der Waals surface area contributed by atoms with Crippen LogP contribution in [-0.4, -0.2) is 36.7 Å². The minimum Gasteiger partial charge on any atom is -0.490 e. The normalized spacial score (nSPS) is 16.2. The number of halogens is 1. The van der Waals surface area contributed by atoms with Gasteiger partial charge in [-0.2, -0.15) is 0 Å². The molecule has 160 valence electrons. The predicted molar refractivity (Wildman–Crippen MR) is 120 cm³/mol. The molecular weight excluding hydrogens is 448 g/mol. The number of hydrogen-bond acceptors (Lipinski definition) is 4. The first-order valence-electron chi connectivity index (χ1n) is 10.00. The van der Waals surface area contributed by atoms with Crippen LogP contribution in [0.2, 0.25) is 0 Å². The minimum absolute atomic E-state index is 0.121. The summed E-state index contributed by atoms with van der Waals surface area (Å²) in [5, 5.41) is 5.75. The van der Waals surface area contributed by atoms with Gasteiger partial charge in [0, 0.05) is 17.7 Å². The van der Waals surface area contributed by atoms with E-state index in [0.717, 1.165) is 19.4 Å². The molecule has 30 heavy (non-hydrogen) atoms. The third-order valence-electron chi connectivity index (χ3n) is 4.55. The van der Waals surface area contributed by atoms with E-state index in [9.17, 15) is 9.59 Å². The maximum absolute atomic E-state index is 12.8. The van der Waals surface area contributed by atoms with Crippen molar-refractivity contribution in [3.63, 3.8) is 0 Å². The summed E-state index contributed by atoms with van der Waals surface area (Å²) in [5.74, 6) is 0.113. The first kappa shape index (κ1) is 22.3. The average molecular weight is 475 g/mol. The Bertz CT molecular complexity index is 918. The number of anilines is 1. The fourth-order valence-corrected chi connectivity index (χ4v) is 3.60. The van der Waals surface area contributed by atoms with Crippen LogP contribution in [0.5, 0.6) is 5.75 Å². The Morgan fingerprint density at radius 1 is 1.17 bits per heavy atom. The van der Waals surface area contributed by atoms with Gasteiger partial charge in [-0.05, 0) is 79.9 Å². The van der Waals surface area contributed by atoms with Gasteiger partial charge in [0.25, 0.3) is 11.8 Å². The topological polar surface area (TPSA) is 76.7 Å². The van der Waals surface area contributed by atoms with E-state index in [2.05, 4.69) is 26.6 Å². The summed E-state index contributed by atoms with van der Waals surface area (Å²) in [7, 11) is 0. The molecule has 1 aliphatic rings. The summed E-state index contributed by atoms with van der Waals surface area (Å²) >= 11 is 3.47. The molecule has 0 bridgehead atoms. The maximum atomic E-state index is 12.8. The number of amides is 2. The summed E-state index contributed by atoms with van der Waals surface area (Å²) in [6, 6.07) is 12.1. The zero-order chi connectivity index (χ0) is 21.7. The van der Waals surface area contributed by atoms with Crippen LogP contribution in [0.4, 0.5) is 5.69 Å². The summed E-state index contributed by atoms with van der Waals surface area (Å²) < 4.78 is 12.1. The molecule has 0 aliphatic carbocycles. The second-order valence-electron chi connectivity index (χ2n) is 8.30. The van der Waals surface area contributed by atoms with Gasteiger partial charge in [-0.25, -0.2) is 0 Å². The summed E-state index contributed by atoms with van der Waals surface area (Å²) in [4.78, 5) is 25.4. The van der Waals surface area contributed by atoms with Crippen LogP contribution in [0.25, 0.3) is 0 Å². The number of carbonyl (C=O) groups excluding carboxylic acids is 2. The number of hydrogen-bond donors (Lipinski definition) is 2. The van der Waals surface area contributed by atoms with Gasteiger partial charge in [-0.3, -0.25) is 9.59 Å². The van der Waals surface area contributed by atoms with Crippen LogP contribution < -0.4 is 15.4 Å². The number of nitrogens with one attached hydrogen (secondary N) is 2. The molecule has 0 saturated carbocycles. The van der Waals surface area contributed by atoms with E-state index in [0.29, 0.717) is 33.6 Å². The third kappa shape index (κ3) is 6.06. The predicted octanol–water partition coefficient (Wildman–Crippen LogP) is 4.79. The van der Waals surface area contributed by atoms with E-state index in [1.165, 1.54) is 0 Å². The highest BCUT2D eigenvalue weighted by atomic mass is 79.9. The van der Waals surface area contributed by atoms with E-state index in [-0.39, 0.29) is 23.5 Å². The van der Waals surface area contributed by atoms with Crippen molar-refractivity contribution in [2.45, 2.75) is 45.3 Å². The van der Waals surface area contributed by atoms with E-state index >= 15 is 0 Å². The Balaban J connectivity index is 1.69. The molecule has 0 aromatic heterocycles. The highest BCUT2D eigenvalue weighted by Gasteiger charge is 2.20. The minimum atomic E-state index is -0.377. The van der Waals surface area contributed by atoms with E-state index in [4.69, 9.17) is 9.47 Å². The summed E-state index contributed by atoms with van der Waals surface area (Å²) in [6.07, 6.45) is 2.18. The van der Waals surface area contributed by atoms with Gasteiger partial charge in [0.15, 0.2) is 0 Å². The van der Waals surface area contributed by atoms with Crippen molar-refractivity contribution in [1.29, 1.82) is 0 Å². The number of carbonyl (C=O) groups is 2. The number of rotatable bonds is 6. The SMILES string of the molecule is CC(C)(C)NC(=O)c1ccccc1NC(=O)c1ccc(OCC2CCCO2)c(Br)c1. The molecule has 0 spiro atoms. The molecule has 1 unspecified atom stereocenters. The van der Waals surface area contributed by atoms with Crippen molar-refractivity contribution in [1.82, 2.24) is 5.32 Å². The molecule has 0 radical (unpaired) electrons. The fraction of sp³-hybridized carbons (Fsp3) is 0.391. The molecule has 7 heteroatoms. The van der Waals surface area contributed by atoms with E-state index in [1.54, 1.807) is 42.5 Å². The summed E-state index contributed by atoms with van der Waals surface area (Å²) in [5.41, 5.74) is 0.950. The van der Waals surface area contributed by atoms with Crippen LogP contribution in [0.3, 0.4) is 0 Å². The molecule has 2 aromatic carbocycles. The quantitative estimate of drug-likeness (QED) is 0.630. The van der Waals surface area contributed by atoms with Crippen LogP contribution >= 0.6 is 15.9 Å². The van der Waals surface area contributed by atoms with Gasteiger partial charge in [-0.1, -0.05) is 12.1 Å². The molecule has 1 aliphatic heterocycles. The van der Waals surface area contributed by atoms with Crippen molar-refractivity contribution < 1.29 is 19.1 Å². The third-order valence-corrected chi connectivity index (χ3v) is 5.17. The average Bonchev–Trinajstić information content (AvgIpc) is 3.19. The second kappa shape index (κ2) is 9.62. The first-order valence-corrected chi connectivity index (χ1v) is 10.8. The van der Waals surface area contributed by atoms with Crippen molar-refractivity contribution in [2.75, 3.05) is 18.5 Å². The van der Waals surface area contributed by atoms with Crippen molar-refractivity contribution >= 4 is 33.4 Å². The molecule has 3 rings (SSSR count). The van der Waals surface area contributed by atoms with Crippen molar-refractivity contribution in [3.05, 3.63) is 58.1 Å². The number of benzene rings is 2. The fourth-order valence-electron chi connectivity index (χ4n) is 3.11. The van der Waals surface area contributed by atoms with Gasteiger partial charge in [0.05, 0.1) is 21.8 Å². The highest BCUT2D eigenvalue weighted by molar-refractivity contribution is 9.10. The Morgan fingerprint density at radius 3 is 2.60 bits per heavy atom. The van der Waals surface area contributed by atoms with Gasteiger partial charge in [0.1, 0.15) is 12.4 Å². The lowest BCUT2D eigenvalue weighted by Gasteiger charge is -2.21. The van der Waals surface area contributed by atoms with Gasteiger partial charge in [-0.15, -0.1) is 0 Å². The Labute approximate surface area is 185 Å². The molecule has 2 N–H and O–H groups in total. The highest BCUT2D eigenvalue weighted by Crippen LogP contribution is 2.28. The zero-order valence-electron chi connectivity index (χ0n) is 17.5. The lowest BCUT2D eigenvalue weighted by molar-refractivity contribution is 0.0677. The van der Waals surface area contributed by atoms with Crippen LogP contribution in [0.1, 0.15) is 54.3 Å².